The van der Waals surface area contributed by atoms with Crippen LogP contribution >= 0.6 is 0 Å². The fraction of sp³-hybridized carbons (Fsp3) is 0.500. The molecule has 0 aliphatic heterocycles. The van der Waals surface area contributed by atoms with E-state index in [0.717, 1.165) is 31.4 Å². The maximum Gasteiger partial charge on any atom is 0.247 e. The Bertz CT molecular complexity index is 822. The topological polar surface area (TPSA) is 86.6 Å². The lowest BCUT2D eigenvalue weighted by Gasteiger charge is -2.11. The summed E-state index contributed by atoms with van der Waals surface area (Å²) in [5.41, 5.74) is 9.66. The van der Waals surface area contributed by atoms with Gasteiger partial charge in [-0.05, 0) is 63.5 Å². The van der Waals surface area contributed by atoms with Gasteiger partial charge in [-0.25, -0.2) is 5.43 Å². The van der Waals surface area contributed by atoms with Gasteiger partial charge in [-0.15, -0.1) is 0 Å². The third-order valence-corrected chi connectivity index (χ3v) is 5.78. The minimum Gasteiger partial charge on any atom is -0.340 e. The number of hydrogen-bond acceptors (Lipinski definition) is 7. The third kappa shape index (κ3) is 7.05. The summed E-state index contributed by atoms with van der Waals surface area (Å²) < 4.78 is 0. The minimum atomic E-state index is 0.473. The Labute approximate surface area is 184 Å². The van der Waals surface area contributed by atoms with Gasteiger partial charge in [0.05, 0.1) is 0 Å². The molecular formula is C24H33N7. The molecular weight excluding hydrogens is 386 g/mol. The number of nitrogens with one attached hydrogen (secondary N) is 3. The lowest BCUT2D eigenvalue weighted by atomic mass is 10.2. The average Bonchev–Trinajstić information content (AvgIpc) is 3.22. The van der Waals surface area contributed by atoms with Crippen LogP contribution in [0.1, 0.15) is 77.0 Å². The van der Waals surface area contributed by atoms with Crippen molar-refractivity contribution in [2.75, 3.05) is 16.2 Å². The van der Waals surface area contributed by atoms with Gasteiger partial charge in [0.25, 0.3) is 0 Å². The lowest BCUT2D eigenvalue weighted by molar-refractivity contribution is 0.702. The molecule has 7 nitrogen and oxygen atoms in total. The molecule has 2 aromatic rings. The molecule has 0 amide bonds. The van der Waals surface area contributed by atoms with Gasteiger partial charge >= 0.3 is 0 Å². The van der Waals surface area contributed by atoms with Crippen molar-refractivity contribution in [3.8, 4) is 0 Å². The third-order valence-electron chi connectivity index (χ3n) is 5.78. The molecule has 2 saturated carbocycles. The van der Waals surface area contributed by atoms with E-state index in [-0.39, 0.29) is 0 Å². The number of aromatic nitrogens is 2. The van der Waals surface area contributed by atoms with Crippen molar-refractivity contribution in [1.29, 1.82) is 0 Å². The maximum atomic E-state index is 4.65. The first-order valence-electron chi connectivity index (χ1n) is 11.7. The Morgan fingerprint density at radius 2 is 1.16 bits per heavy atom. The summed E-state index contributed by atoms with van der Waals surface area (Å²) >= 11 is 0. The van der Waals surface area contributed by atoms with Crippen LogP contribution < -0.4 is 16.2 Å². The molecule has 0 spiro atoms. The van der Waals surface area contributed by atoms with Gasteiger partial charge in [-0.1, -0.05) is 43.9 Å². The lowest BCUT2D eigenvalue weighted by Crippen LogP contribution is -2.07. The van der Waals surface area contributed by atoms with Crippen molar-refractivity contribution < 1.29 is 0 Å². The standard InChI is InChI=1S/C24H33N7/c1-2-7-15-20(14-6-1)28-30-23-18-22(25-19-12-10-5-11-13-19)26-24(27-23)31-29-21-16-8-3-4-9-17-21/h5,10-13,18H,1-4,6-9,14-17H2,(H3,25,26,27,30,31). The van der Waals surface area contributed by atoms with Gasteiger partial charge in [0.2, 0.25) is 5.95 Å². The van der Waals surface area contributed by atoms with Crippen LogP contribution in [0.4, 0.5) is 23.3 Å². The molecule has 1 aromatic carbocycles. The predicted molar refractivity (Wildman–Crippen MR) is 129 cm³/mol. The smallest absolute Gasteiger partial charge is 0.247 e. The highest BCUT2D eigenvalue weighted by Crippen LogP contribution is 2.21. The summed E-state index contributed by atoms with van der Waals surface area (Å²) in [5, 5.41) is 12.6. The van der Waals surface area contributed by atoms with Crippen LogP contribution in [0.2, 0.25) is 0 Å². The fourth-order valence-electron chi connectivity index (χ4n) is 4.05. The van der Waals surface area contributed by atoms with Gasteiger partial charge in [-0.2, -0.15) is 20.2 Å². The van der Waals surface area contributed by atoms with Crippen molar-refractivity contribution in [1.82, 2.24) is 9.97 Å². The zero-order valence-corrected chi connectivity index (χ0v) is 18.2. The van der Waals surface area contributed by atoms with Crippen LogP contribution in [0.3, 0.4) is 0 Å². The molecule has 164 valence electrons. The van der Waals surface area contributed by atoms with Crippen LogP contribution in [-0.2, 0) is 0 Å². The highest BCUT2D eigenvalue weighted by atomic mass is 15.4. The van der Waals surface area contributed by atoms with Crippen molar-refractivity contribution >= 4 is 34.7 Å². The average molecular weight is 420 g/mol. The molecule has 7 heteroatoms. The number of rotatable bonds is 6. The highest BCUT2D eigenvalue weighted by molar-refractivity contribution is 5.85. The number of anilines is 4. The molecule has 3 N–H and O–H groups in total. The highest BCUT2D eigenvalue weighted by Gasteiger charge is 2.09. The van der Waals surface area contributed by atoms with Crippen LogP contribution in [0, 0.1) is 0 Å². The molecule has 2 aliphatic rings. The molecule has 2 aliphatic carbocycles. The second-order valence-corrected chi connectivity index (χ2v) is 8.36. The largest absolute Gasteiger partial charge is 0.340 e. The zero-order chi connectivity index (χ0) is 21.1. The first-order valence-corrected chi connectivity index (χ1v) is 11.7. The normalized spacial score (nSPS) is 17.3. The number of nitrogens with zero attached hydrogens (tertiary/aromatic N) is 4. The predicted octanol–water partition coefficient (Wildman–Crippen LogP) is 6.46. The summed E-state index contributed by atoms with van der Waals surface area (Å²) in [6, 6.07) is 11.9. The van der Waals surface area contributed by atoms with E-state index in [2.05, 4.69) is 36.3 Å². The van der Waals surface area contributed by atoms with Gasteiger partial charge in [0.1, 0.15) is 5.82 Å². The Morgan fingerprint density at radius 3 is 1.77 bits per heavy atom. The van der Waals surface area contributed by atoms with Gasteiger partial charge in [0, 0.05) is 23.2 Å². The molecule has 1 heterocycles. The van der Waals surface area contributed by atoms with E-state index < -0.39 is 0 Å². The van der Waals surface area contributed by atoms with Crippen molar-refractivity contribution in [3.63, 3.8) is 0 Å². The molecule has 0 radical (unpaired) electrons. The molecule has 31 heavy (non-hydrogen) atoms. The first kappa shape index (κ1) is 21.3. The Hall–Kier alpha value is -2.96. The molecule has 0 atom stereocenters. The summed E-state index contributed by atoms with van der Waals surface area (Å²) in [6.07, 6.45) is 14.3. The molecule has 1 aromatic heterocycles. The minimum absolute atomic E-state index is 0.473. The monoisotopic (exact) mass is 419 g/mol. The van der Waals surface area contributed by atoms with Crippen LogP contribution in [0.25, 0.3) is 0 Å². The van der Waals surface area contributed by atoms with E-state index in [1.54, 1.807) is 0 Å². The number of hydrogen-bond donors (Lipinski definition) is 3. The zero-order valence-electron chi connectivity index (χ0n) is 18.2. The summed E-state index contributed by atoms with van der Waals surface area (Å²) in [5.74, 6) is 1.84. The second kappa shape index (κ2) is 11.4. The van der Waals surface area contributed by atoms with Gasteiger partial charge in [0.15, 0.2) is 5.82 Å². The summed E-state index contributed by atoms with van der Waals surface area (Å²) in [7, 11) is 0. The molecule has 4 rings (SSSR count). The van der Waals surface area contributed by atoms with Crippen LogP contribution in [0.5, 0.6) is 0 Å². The Morgan fingerprint density at radius 1 is 0.613 bits per heavy atom. The Kier molecular flexibility index (Phi) is 7.85. The maximum absolute atomic E-state index is 4.65. The molecule has 0 saturated heterocycles. The second-order valence-electron chi connectivity index (χ2n) is 8.36. The number of para-hydroxylation sites is 1. The van der Waals surface area contributed by atoms with Gasteiger partial charge in [-0.3, -0.25) is 5.43 Å². The number of hydrazone groups is 2. The van der Waals surface area contributed by atoms with Crippen LogP contribution in [-0.4, -0.2) is 21.4 Å². The Balaban J connectivity index is 1.52. The van der Waals surface area contributed by atoms with E-state index in [4.69, 9.17) is 0 Å². The van der Waals surface area contributed by atoms with E-state index in [0.29, 0.717) is 17.6 Å². The molecule has 2 fully saturated rings. The van der Waals surface area contributed by atoms with Crippen LogP contribution in [0.15, 0.2) is 46.6 Å². The van der Waals surface area contributed by atoms with E-state index in [1.807, 2.05) is 36.4 Å². The summed E-state index contributed by atoms with van der Waals surface area (Å²) in [4.78, 5) is 9.22. The SMILES string of the molecule is c1ccc(Nc2cc(NN=C3CCCCCC3)nc(NN=C3CCCCCC3)n2)cc1. The van der Waals surface area contributed by atoms with E-state index in [9.17, 15) is 0 Å². The quantitative estimate of drug-likeness (QED) is 0.369. The van der Waals surface area contributed by atoms with Crippen molar-refractivity contribution in [3.05, 3.63) is 36.4 Å². The summed E-state index contributed by atoms with van der Waals surface area (Å²) in [6.45, 7) is 0. The van der Waals surface area contributed by atoms with Gasteiger partial charge < -0.3 is 5.32 Å². The van der Waals surface area contributed by atoms with E-state index >= 15 is 0 Å². The number of benzene rings is 1. The molecule has 0 unspecified atom stereocenters. The molecule has 0 bridgehead atoms. The first-order chi connectivity index (χ1) is 15.3. The van der Waals surface area contributed by atoms with Crippen molar-refractivity contribution in [2.24, 2.45) is 10.2 Å². The van der Waals surface area contributed by atoms with Crippen molar-refractivity contribution in [2.45, 2.75) is 77.0 Å². The van der Waals surface area contributed by atoms with E-state index in [1.165, 1.54) is 62.8 Å². The fourth-order valence-corrected chi connectivity index (χ4v) is 4.05.